The van der Waals surface area contributed by atoms with E-state index >= 15 is 0 Å². The fourth-order valence-corrected chi connectivity index (χ4v) is 5.09. The number of aliphatic imine (C=N–C) groups is 1. The molecular formula is C29H33N6O2-. The first-order valence-electron chi connectivity index (χ1n) is 12.6. The van der Waals surface area contributed by atoms with Gasteiger partial charge in [0.15, 0.2) is 5.69 Å². The van der Waals surface area contributed by atoms with Crippen LogP contribution in [0.25, 0.3) is 11.1 Å². The summed E-state index contributed by atoms with van der Waals surface area (Å²) >= 11 is 0. The Morgan fingerprint density at radius 1 is 0.973 bits per heavy atom. The molecule has 5 rings (SSSR count). The largest absolute Gasteiger partial charge is 0.860 e. The van der Waals surface area contributed by atoms with Crippen molar-refractivity contribution in [1.29, 1.82) is 0 Å². The van der Waals surface area contributed by atoms with Gasteiger partial charge >= 0.3 is 0 Å². The Labute approximate surface area is 218 Å². The molecule has 0 radical (unpaired) electrons. The molecule has 0 bridgehead atoms. The molecule has 0 spiro atoms. The highest BCUT2D eigenvalue weighted by Crippen LogP contribution is 2.41. The quantitative estimate of drug-likeness (QED) is 0.387. The molecule has 2 heterocycles. The van der Waals surface area contributed by atoms with Crippen LogP contribution in [0.2, 0.25) is 0 Å². The van der Waals surface area contributed by atoms with Crippen molar-refractivity contribution >= 4 is 23.0 Å². The first-order valence-corrected chi connectivity index (χ1v) is 12.6. The van der Waals surface area contributed by atoms with Gasteiger partial charge in [-0.2, -0.15) is 4.76 Å². The number of anilines is 1. The van der Waals surface area contributed by atoms with Crippen molar-refractivity contribution in [3.63, 3.8) is 0 Å². The SMILES string of the molecule is Cc1cc(-c2c(C)cccc2C)cc2c1NC(N=C1C=CC(=C([O-])N3CCN(C)CC3)C=C1)=N[N+]2(C)[O-]. The van der Waals surface area contributed by atoms with Gasteiger partial charge in [-0.1, -0.05) is 30.4 Å². The third-order valence-corrected chi connectivity index (χ3v) is 7.19. The van der Waals surface area contributed by atoms with Crippen LogP contribution >= 0.6 is 0 Å². The van der Waals surface area contributed by atoms with E-state index in [-0.39, 0.29) is 11.8 Å². The van der Waals surface area contributed by atoms with E-state index in [1.165, 1.54) is 7.05 Å². The number of nitrogens with zero attached hydrogens (tertiary/aromatic N) is 5. The minimum Gasteiger partial charge on any atom is -0.860 e. The Hall–Kier alpha value is -3.72. The zero-order valence-corrected chi connectivity index (χ0v) is 22.1. The third-order valence-electron chi connectivity index (χ3n) is 7.19. The summed E-state index contributed by atoms with van der Waals surface area (Å²) in [6.45, 7) is 9.37. The number of rotatable bonds is 2. The van der Waals surface area contributed by atoms with Gasteiger partial charge in [-0.15, -0.1) is 0 Å². The third kappa shape index (κ3) is 4.96. The summed E-state index contributed by atoms with van der Waals surface area (Å²) in [4.78, 5) is 8.68. The van der Waals surface area contributed by atoms with Gasteiger partial charge in [-0.25, -0.2) is 4.99 Å². The Morgan fingerprint density at radius 3 is 2.27 bits per heavy atom. The molecule has 2 aromatic rings. The molecule has 8 nitrogen and oxygen atoms in total. The topological polar surface area (TPSA) is 89.4 Å². The lowest BCUT2D eigenvalue weighted by molar-refractivity contribution is -0.335. The Bertz CT molecular complexity index is 1350. The Balaban J connectivity index is 1.41. The number of aryl methyl sites for hydroxylation is 3. The van der Waals surface area contributed by atoms with Crippen molar-refractivity contribution in [2.45, 2.75) is 20.8 Å². The fraction of sp³-hybridized carbons (Fsp3) is 0.310. The second kappa shape index (κ2) is 9.63. The van der Waals surface area contributed by atoms with Crippen molar-refractivity contribution in [2.24, 2.45) is 10.1 Å². The minimum atomic E-state index is -0.916. The predicted octanol–water partition coefficient (Wildman–Crippen LogP) is 3.80. The van der Waals surface area contributed by atoms with Crippen molar-refractivity contribution in [2.75, 3.05) is 45.6 Å². The number of likely N-dealkylation sites (N-methyl/N-ethyl adjacent to an activating group) is 1. The molecule has 37 heavy (non-hydrogen) atoms. The van der Waals surface area contributed by atoms with E-state index in [9.17, 15) is 10.3 Å². The molecule has 1 unspecified atom stereocenters. The van der Waals surface area contributed by atoms with E-state index in [0.717, 1.165) is 59.7 Å². The number of fused-ring (bicyclic) bond motifs is 1. The number of piperazine rings is 1. The smallest absolute Gasteiger partial charge is 0.282 e. The molecule has 1 atom stereocenters. The average Bonchev–Trinajstić information content (AvgIpc) is 2.85. The van der Waals surface area contributed by atoms with Gasteiger partial charge in [-0.05, 0) is 90.4 Å². The van der Waals surface area contributed by atoms with E-state index in [2.05, 4.69) is 59.4 Å². The Kier molecular flexibility index (Phi) is 6.49. The number of hydroxylamine groups is 1. The zero-order valence-electron chi connectivity index (χ0n) is 22.1. The van der Waals surface area contributed by atoms with Gasteiger partial charge < -0.3 is 25.4 Å². The lowest BCUT2D eigenvalue weighted by Crippen LogP contribution is -2.46. The van der Waals surface area contributed by atoms with Crippen LogP contribution in [0.5, 0.6) is 0 Å². The number of guanidine groups is 1. The normalized spacial score (nSPS) is 21.5. The maximum absolute atomic E-state index is 13.6. The molecule has 0 amide bonds. The van der Waals surface area contributed by atoms with Crippen molar-refractivity contribution in [3.8, 4) is 11.1 Å². The van der Waals surface area contributed by atoms with Gasteiger partial charge in [0.25, 0.3) is 5.96 Å². The fourth-order valence-electron chi connectivity index (χ4n) is 5.09. The standard InChI is InChI=1S/C29H34N6O2/c1-19-7-6-8-20(2)26(19)23-17-21(3)27-25(18-23)35(5,37)32-29(31-27)30-24-11-9-22(10-12-24)28(36)34-15-13-33(4)14-16-34/h6-12,17-18,36H,13-16H2,1-5H3,(H,31,32)/p-1. The van der Waals surface area contributed by atoms with Crippen LogP contribution in [-0.2, 0) is 0 Å². The summed E-state index contributed by atoms with van der Waals surface area (Å²) in [5.41, 5.74) is 7.94. The molecule has 2 aliphatic heterocycles. The lowest BCUT2D eigenvalue weighted by Gasteiger charge is -2.39. The van der Waals surface area contributed by atoms with Crippen LogP contribution < -0.4 is 15.2 Å². The maximum Gasteiger partial charge on any atom is 0.282 e. The van der Waals surface area contributed by atoms with E-state index in [0.29, 0.717) is 17.0 Å². The summed E-state index contributed by atoms with van der Waals surface area (Å²) in [7, 11) is 3.58. The number of quaternary nitrogens is 1. The molecule has 192 valence electrons. The van der Waals surface area contributed by atoms with E-state index in [4.69, 9.17) is 0 Å². The second-order valence-corrected chi connectivity index (χ2v) is 10.1. The summed E-state index contributed by atoms with van der Waals surface area (Å²) in [5.74, 6) is 0.270. The summed E-state index contributed by atoms with van der Waals surface area (Å²) in [5, 5.41) is 34.0. The number of nitrogens with one attached hydrogen (secondary N) is 1. The van der Waals surface area contributed by atoms with Crippen LogP contribution in [0.3, 0.4) is 0 Å². The molecule has 3 aliphatic rings. The monoisotopic (exact) mass is 497 g/mol. The molecule has 1 fully saturated rings. The summed E-state index contributed by atoms with van der Waals surface area (Å²) in [6.07, 6.45) is 7.14. The van der Waals surface area contributed by atoms with Crippen molar-refractivity contribution < 1.29 is 5.11 Å². The molecule has 8 heteroatoms. The zero-order chi connectivity index (χ0) is 26.3. The van der Waals surface area contributed by atoms with Crippen molar-refractivity contribution in [3.05, 3.63) is 88.0 Å². The number of hydrogen-bond acceptors (Lipinski definition) is 7. The van der Waals surface area contributed by atoms with E-state index in [1.807, 2.05) is 24.0 Å². The summed E-state index contributed by atoms with van der Waals surface area (Å²) in [6, 6.07) is 10.2. The number of benzene rings is 2. The molecule has 0 saturated carbocycles. The average molecular weight is 498 g/mol. The molecule has 0 aromatic heterocycles. The lowest BCUT2D eigenvalue weighted by atomic mass is 9.93. The first kappa shape index (κ1) is 25.0. The van der Waals surface area contributed by atoms with Crippen LogP contribution in [0.1, 0.15) is 16.7 Å². The van der Waals surface area contributed by atoms with Gasteiger partial charge in [0, 0.05) is 32.2 Å². The van der Waals surface area contributed by atoms with Crippen LogP contribution in [0, 0.1) is 26.0 Å². The molecule has 1 N–H and O–H groups in total. The van der Waals surface area contributed by atoms with Crippen molar-refractivity contribution in [1.82, 2.24) is 14.6 Å². The number of hydrogen-bond donors (Lipinski definition) is 1. The maximum atomic E-state index is 13.6. The highest BCUT2D eigenvalue weighted by atomic mass is 16.6. The molecule has 1 saturated heterocycles. The highest BCUT2D eigenvalue weighted by molar-refractivity contribution is 6.14. The van der Waals surface area contributed by atoms with Gasteiger partial charge in [0.05, 0.1) is 12.8 Å². The van der Waals surface area contributed by atoms with Crippen LogP contribution in [0.15, 0.2) is 76.2 Å². The van der Waals surface area contributed by atoms with Crippen LogP contribution in [-0.4, -0.2) is 61.7 Å². The van der Waals surface area contributed by atoms with Gasteiger partial charge in [-0.3, -0.25) is 0 Å². The summed E-state index contributed by atoms with van der Waals surface area (Å²) < 4.78 is -0.916. The highest BCUT2D eigenvalue weighted by Gasteiger charge is 2.29. The minimum absolute atomic E-state index is 0.0285. The molecular weight excluding hydrogens is 464 g/mol. The number of allylic oxidation sites excluding steroid dienone is 5. The van der Waals surface area contributed by atoms with Crippen LogP contribution in [0.4, 0.5) is 11.4 Å². The van der Waals surface area contributed by atoms with E-state index in [1.54, 1.807) is 24.3 Å². The molecule has 1 aliphatic carbocycles. The Morgan fingerprint density at radius 2 is 1.62 bits per heavy atom. The first-order chi connectivity index (χ1) is 17.6. The van der Waals surface area contributed by atoms with Gasteiger partial charge in [0.1, 0.15) is 5.69 Å². The second-order valence-electron chi connectivity index (χ2n) is 10.1. The van der Waals surface area contributed by atoms with E-state index < -0.39 is 4.76 Å². The predicted molar refractivity (Wildman–Crippen MR) is 150 cm³/mol. The molecule has 2 aromatic carbocycles. The van der Waals surface area contributed by atoms with Gasteiger partial charge in [0.2, 0.25) is 0 Å².